The molecule has 7 heteroatoms. The summed E-state index contributed by atoms with van der Waals surface area (Å²) in [5.41, 5.74) is -1.11. The van der Waals surface area contributed by atoms with Gasteiger partial charge in [-0.1, -0.05) is 0 Å². The number of alkyl halides is 5. The zero-order valence-corrected chi connectivity index (χ0v) is 10.1. The van der Waals surface area contributed by atoms with Gasteiger partial charge in [-0.3, -0.25) is 0 Å². The number of ether oxygens (including phenoxy) is 2. The third-order valence-corrected chi connectivity index (χ3v) is 2.27. The van der Waals surface area contributed by atoms with Crippen molar-refractivity contribution in [1.29, 1.82) is 0 Å². The van der Waals surface area contributed by atoms with Crippen LogP contribution in [0, 0.1) is 0 Å². The molecular weight excluding hydrogens is 271 g/mol. The van der Waals surface area contributed by atoms with E-state index in [1.807, 2.05) is 0 Å². The molecule has 0 aliphatic rings. The van der Waals surface area contributed by atoms with Crippen molar-refractivity contribution in [2.24, 2.45) is 0 Å². The first kappa shape index (κ1) is 15.7. The zero-order chi connectivity index (χ0) is 14.5. The van der Waals surface area contributed by atoms with Crippen LogP contribution in [0.1, 0.15) is 12.5 Å². The largest absolute Gasteiger partial charge is 0.491 e. The molecule has 0 amide bonds. The molecular formula is C12H13F5O2. The number of halogens is 5. The van der Waals surface area contributed by atoms with Crippen LogP contribution in [0.25, 0.3) is 0 Å². The van der Waals surface area contributed by atoms with Crippen LogP contribution in [0.15, 0.2) is 24.3 Å². The lowest BCUT2D eigenvalue weighted by molar-refractivity contribution is -0.289. The second-order valence-corrected chi connectivity index (χ2v) is 3.64. The predicted octanol–water partition coefficient (Wildman–Crippen LogP) is 3.76. The van der Waals surface area contributed by atoms with Crippen LogP contribution in [0.4, 0.5) is 22.0 Å². The highest BCUT2D eigenvalue weighted by Gasteiger charge is 2.58. The van der Waals surface area contributed by atoms with Crippen LogP contribution in [0.2, 0.25) is 0 Å². The minimum Gasteiger partial charge on any atom is -0.491 e. The van der Waals surface area contributed by atoms with E-state index in [1.165, 1.54) is 0 Å². The maximum Gasteiger partial charge on any atom is 0.458 e. The zero-order valence-electron chi connectivity index (χ0n) is 10.1. The number of rotatable bonds is 6. The highest BCUT2D eigenvalue weighted by atomic mass is 19.4. The average molecular weight is 284 g/mol. The summed E-state index contributed by atoms with van der Waals surface area (Å²) in [6.45, 7) is 2.83. The van der Waals surface area contributed by atoms with Gasteiger partial charge in [-0.05, 0) is 31.2 Å². The molecule has 0 saturated carbocycles. The summed E-state index contributed by atoms with van der Waals surface area (Å²) in [7, 11) is 0. The lowest BCUT2D eigenvalue weighted by Crippen LogP contribution is -2.33. The minimum absolute atomic E-state index is 0.197. The summed E-state index contributed by atoms with van der Waals surface area (Å²) in [6.07, 6.45) is -5.61. The molecule has 2 nitrogen and oxygen atoms in total. The van der Waals surface area contributed by atoms with E-state index >= 15 is 0 Å². The van der Waals surface area contributed by atoms with Crippen molar-refractivity contribution in [2.75, 3.05) is 19.8 Å². The molecule has 108 valence electrons. The third-order valence-electron chi connectivity index (χ3n) is 2.27. The fourth-order valence-corrected chi connectivity index (χ4v) is 1.29. The Morgan fingerprint density at radius 2 is 1.53 bits per heavy atom. The van der Waals surface area contributed by atoms with Crippen molar-refractivity contribution in [3.8, 4) is 5.75 Å². The SMILES string of the molecule is CCOCCOc1ccc(C(F)(F)C(F)(F)F)cc1. The second-order valence-electron chi connectivity index (χ2n) is 3.64. The van der Waals surface area contributed by atoms with Crippen molar-refractivity contribution < 1.29 is 31.4 Å². The van der Waals surface area contributed by atoms with Crippen molar-refractivity contribution in [1.82, 2.24) is 0 Å². The van der Waals surface area contributed by atoms with Crippen LogP contribution in [0.3, 0.4) is 0 Å². The lowest BCUT2D eigenvalue weighted by atomic mass is 10.1. The van der Waals surface area contributed by atoms with Crippen LogP contribution in [-0.4, -0.2) is 26.0 Å². The molecule has 0 spiro atoms. The van der Waals surface area contributed by atoms with E-state index in [9.17, 15) is 22.0 Å². The molecule has 0 N–H and O–H groups in total. The van der Waals surface area contributed by atoms with Crippen molar-refractivity contribution in [3.63, 3.8) is 0 Å². The van der Waals surface area contributed by atoms with Gasteiger partial charge in [0.05, 0.1) is 6.61 Å². The third kappa shape index (κ3) is 4.05. The quantitative estimate of drug-likeness (QED) is 0.585. The first-order chi connectivity index (χ1) is 8.79. The highest BCUT2D eigenvalue weighted by Crippen LogP contribution is 2.43. The standard InChI is InChI=1S/C12H13F5O2/c1-2-18-7-8-19-10-5-3-9(4-6-10)11(13,14)12(15,16)17/h3-6H,2,7-8H2,1H3. The Labute approximate surface area is 107 Å². The molecule has 0 fully saturated rings. The Bertz CT molecular complexity index is 386. The van der Waals surface area contributed by atoms with Crippen molar-refractivity contribution in [2.45, 2.75) is 19.0 Å². The van der Waals surface area contributed by atoms with Gasteiger partial charge in [0.25, 0.3) is 0 Å². The Balaban J connectivity index is 2.66. The summed E-state index contributed by atoms with van der Waals surface area (Å²) in [6, 6.07) is 3.54. The van der Waals surface area contributed by atoms with Gasteiger partial charge in [-0.25, -0.2) is 0 Å². The molecule has 19 heavy (non-hydrogen) atoms. The summed E-state index contributed by atoms with van der Waals surface area (Å²) in [5, 5.41) is 0. The van der Waals surface area contributed by atoms with Crippen LogP contribution >= 0.6 is 0 Å². The summed E-state index contributed by atoms with van der Waals surface area (Å²) >= 11 is 0. The summed E-state index contributed by atoms with van der Waals surface area (Å²) < 4.78 is 72.3. The van der Waals surface area contributed by atoms with Gasteiger partial charge >= 0.3 is 12.1 Å². The molecule has 0 aliphatic heterocycles. The fraction of sp³-hybridized carbons (Fsp3) is 0.500. The highest BCUT2D eigenvalue weighted by molar-refractivity contribution is 5.30. The molecule has 0 aromatic heterocycles. The van der Waals surface area contributed by atoms with Crippen LogP contribution < -0.4 is 4.74 Å². The number of hydrogen-bond donors (Lipinski definition) is 0. The minimum atomic E-state index is -5.61. The van der Waals surface area contributed by atoms with Crippen LogP contribution in [0.5, 0.6) is 5.75 Å². The molecule has 0 radical (unpaired) electrons. The normalized spacial score (nSPS) is 12.5. The average Bonchev–Trinajstić information content (AvgIpc) is 2.34. The van der Waals surface area contributed by atoms with E-state index in [4.69, 9.17) is 9.47 Å². The maximum absolute atomic E-state index is 13.0. The molecule has 1 aromatic rings. The molecule has 0 unspecified atom stereocenters. The van der Waals surface area contributed by atoms with Gasteiger partial charge in [0.15, 0.2) is 0 Å². The monoisotopic (exact) mass is 284 g/mol. The van der Waals surface area contributed by atoms with E-state index in [2.05, 4.69) is 0 Å². The first-order valence-corrected chi connectivity index (χ1v) is 5.54. The predicted molar refractivity (Wildman–Crippen MR) is 58.4 cm³/mol. The Kier molecular flexibility index (Phi) is 5.11. The Morgan fingerprint density at radius 3 is 2.00 bits per heavy atom. The lowest BCUT2D eigenvalue weighted by Gasteiger charge is -2.20. The maximum atomic E-state index is 13.0. The van der Waals surface area contributed by atoms with Crippen molar-refractivity contribution in [3.05, 3.63) is 29.8 Å². The number of benzene rings is 1. The molecule has 0 heterocycles. The summed E-state index contributed by atoms with van der Waals surface area (Å²) in [5.74, 6) is -4.65. The second kappa shape index (κ2) is 6.18. The van der Waals surface area contributed by atoms with E-state index in [0.717, 1.165) is 12.1 Å². The van der Waals surface area contributed by atoms with Gasteiger partial charge in [0.2, 0.25) is 0 Å². The number of hydrogen-bond acceptors (Lipinski definition) is 2. The van der Waals surface area contributed by atoms with Gasteiger partial charge < -0.3 is 9.47 Å². The van der Waals surface area contributed by atoms with Crippen molar-refractivity contribution >= 4 is 0 Å². The first-order valence-electron chi connectivity index (χ1n) is 5.54. The molecule has 1 rings (SSSR count). The fourth-order valence-electron chi connectivity index (χ4n) is 1.29. The van der Waals surface area contributed by atoms with E-state index in [-0.39, 0.29) is 12.4 Å². The Morgan fingerprint density at radius 1 is 0.947 bits per heavy atom. The van der Waals surface area contributed by atoms with Gasteiger partial charge in [0, 0.05) is 12.2 Å². The van der Waals surface area contributed by atoms with Gasteiger partial charge in [0.1, 0.15) is 12.4 Å². The molecule has 0 saturated heterocycles. The smallest absolute Gasteiger partial charge is 0.458 e. The topological polar surface area (TPSA) is 18.5 Å². The molecule has 1 aromatic carbocycles. The molecule has 0 atom stereocenters. The van der Waals surface area contributed by atoms with Gasteiger partial charge in [-0.2, -0.15) is 22.0 Å². The van der Waals surface area contributed by atoms with E-state index in [0.29, 0.717) is 25.3 Å². The van der Waals surface area contributed by atoms with Crippen LogP contribution in [-0.2, 0) is 10.7 Å². The summed E-state index contributed by atoms with van der Waals surface area (Å²) in [4.78, 5) is 0. The molecule has 0 bridgehead atoms. The van der Waals surface area contributed by atoms with E-state index in [1.54, 1.807) is 6.92 Å². The Hall–Kier alpha value is -1.37. The van der Waals surface area contributed by atoms with E-state index < -0.39 is 17.7 Å². The van der Waals surface area contributed by atoms with Gasteiger partial charge in [-0.15, -0.1) is 0 Å². The molecule has 0 aliphatic carbocycles.